The Kier molecular flexibility index (Phi) is 6.54. The van der Waals surface area contributed by atoms with Crippen LogP contribution in [0.25, 0.3) is 0 Å². The summed E-state index contributed by atoms with van der Waals surface area (Å²) >= 11 is 5.70. The molecule has 11 heteroatoms. The van der Waals surface area contributed by atoms with Gasteiger partial charge in [-0.3, -0.25) is 0 Å². The lowest BCUT2D eigenvalue weighted by molar-refractivity contribution is 0.252. The fraction of sp³-hybridized carbons (Fsp3) is 0.333. The number of sulfone groups is 2. The fourth-order valence-corrected chi connectivity index (χ4v) is 4.61. The van der Waals surface area contributed by atoms with Gasteiger partial charge in [-0.25, -0.2) is 27.1 Å². The predicted octanol–water partition coefficient (Wildman–Crippen LogP) is 1.60. The van der Waals surface area contributed by atoms with E-state index >= 15 is 0 Å². The molecule has 1 aromatic carbocycles. The van der Waals surface area contributed by atoms with Crippen molar-refractivity contribution in [2.24, 2.45) is 5.10 Å². The Labute approximate surface area is 139 Å². The largest absolute Gasteiger partial charge is 0.339 e. The van der Waals surface area contributed by atoms with Crippen LogP contribution >= 0.6 is 11.6 Å². The summed E-state index contributed by atoms with van der Waals surface area (Å²) < 4.78 is 46.2. The maximum atomic E-state index is 11.8. The molecule has 0 unspecified atom stereocenters. The first-order valence-corrected chi connectivity index (χ1v) is 10.2. The van der Waals surface area contributed by atoms with Gasteiger partial charge in [0.2, 0.25) is 19.7 Å². The molecular weight excluding hydrogens is 366 g/mol. The molecule has 0 saturated carbocycles. The first kappa shape index (κ1) is 19.4. The zero-order valence-electron chi connectivity index (χ0n) is 12.4. The van der Waals surface area contributed by atoms with Crippen LogP contribution in [-0.2, 0) is 19.7 Å². The van der Waals surface area contributed by atoms with E-state index in [4.69, 9.17) is 11.6 Å². The zero-order chi connectivity index (χ0) is 17.7. The van der Waals surface area contributed by atoms with Gasteiger partial charge in [-0.1, -0.05) is 25.4 Å². The molecule has 0 aliphatic carbocycles. The Balaban J connectivity index is 2.97. The molecule has 0 bridgehead atoms. The molecule has 2 amide bonds. The lowest BCUT2D eigenvalue weighted by Crippen LogP contribution is -2.33. The molecule has 0 aliphatic rings. The number of hydrogen-bond donors (Lipinski definition) is 2. The number of nitrogens with zero attached hydrogens (tertiary/aromatic N) is 1. The number of rotatable bonds is 4. The van der Waals surface area contributed by atoms with Crippen molar-refractivity contribution >= 4 is 47.4 Å². The van der Waals surface area contributed by atoms with E-state index in [0.29, 0.717) is 10.7 Å². The number of urea groups is 1. The van der Waals surface area contributed by atoms with Gasteiger partial charge in [0.05, 0.1) is 11.5 Å². The van der Waals surface area contributed by atoms with Crippen LogP contribution in [0.3, 0.4) is 0 Å². The molecule has 0 aromatic heterocycles. The molecule has 0 spiro atoms. The third-order valence-corrected chi connectivity index (χ3v) is 7.19. The Morgan fingerprint density at radius 2 is 1.52 bits per heavy atom. The molecule has 1 rings (SSSR count). The van der Waals surface area contributed by atoms with E-state index in [1.807, 2.05) is 5.43 Å². The summed E-state index contributed by atoms with van der Waals surface area (Å²) in [5.74, 6) is -0.906. The topological polar surface area (TPSA) is 122 Å². The fourth-order valence-electron chi connectivity index (χ4n) is 1.37. The van der Waals surface area contributed by atoms with Gasteiger partial charge in [0, 0.05) is 10.7 Å². The molecule has 0 heterocycles. The smallest absolute Gasteiger partial charge is 0.307 e. The molecule has 0 fully saturated rings. The average molecular weight is 382 g/mol. The maximum absolute atomic E-state index is 11.8. The number of benzene rings is 1. The van der Waals surface area contributed by atoms with Gasteiger partial charge in [0.15, 0.2) is 0 Å². The van der Waals surface area contributed by atoms with Crippen molar-refractivity contribution in [2.75, 3.05) is 16.8 Å². The van der Waals surface area contributed by atoms with E-state index in [9.17, 15) is 21.6 Å². The van der Waals surface area contributed by atoms with E-state index in [1.54, 1.807) is 0 Å². The number of nitrogens with one attached hydrogen (secondary N) is 2. The molecule has 1 aromatic rings. The van der Waals surface area contributed by atoms with Crippen LogP contribution in [0, 0.1) is 0 Å². The first-order chi connectivity index (χ1) is 10.6. The Morgan fingerprint density at radius 3 is 1.96 bits per heavy atom. The van der Waals surface area contributed by atoms with Crippen LogP contribution in [0.2, 0.25) is 5.02 Å². The van der Waals surface area contributed by atoms with Crippen LogP contribution in [-0.4, -0.2) is 38.7 Å². The number of carbonyl (C=O) groups is 1. The minimum absolute atomic E-state index is 0.375. The summed E-state index contributed by atoms with van der Waals surface area (Å²) in [6, 6.07) is 5.21. The second-order valence-electron chi connectivity index (χ2n) is 4.26. The van der Waals surface area contributed by atoms with E-state index in [2.05, 4.69) is 10.4 Å². The molecule has 8 nitrogen and oxygen atoms in total. The van der Waals surface area contributed by atoms with Crippen molar-refractivity contribution in [1.82, 2.24) is 5.43 Å². The van der Waals surface area contributed by atoms with Crippen molar-refractivity contribution < 1.29 is 21.6 Å². The second-order valence-corrected chi connectivity index (χ2v) is 9.34. The van der Waals surface area contributed by atoms with E-state index in [-0.39, 0.29) is 0 Å². The molecule has 0 atom stereocenters. The zero-order valence-corrected chi connectivity index (χ0v) is 14.8. The van der Waals surface area contributed by atoms with Gasteiger partial charge in [0.1, 0.15) is 0 Å². The summed E-state index contributed by atoms with van der Waals surface area (Å²) in [7, 11) is -8.20. The van der Waals surface area contributed by atoms with Crippen LogP contribution < -0.4 is 10.7 Å². The molecule has 23 heavy (non-hydrogen) atoms. The monoisotopic (exact) mass is 381 g/mol. The van der Waals surface area contributed by atoms with Crippen LogP contribution in [0.1, 0.15) is 13.8 Å². The minimum Gasteiger partial charge on any atom is -0.307 e. The quantitative estimate of drug-likeness (QED) is 0.466. The summed E-state index contributed by atoms with van der Waals surface area (Å²) in [5.41, 5.74) is 2.25. The highest BCUT2D eigenvalue weighted by Crippen LogP contribution is 2.13. The number of halogens is 1. The van der Waals surface area contributed by atoms with Crippen molar-refractivity contribution in [3.8, 4) is 0 Å². The number of hydrazone groups is 1. The Morgan fingerprint density at radius 1 is 1.04 bits per heavy atom. The van der Waals surface area contributed by atoms with Gasteiger partial charge >= 0.3 is 6.03 Å². The molecule has 0 radical (unpaired) electrons. The summed E-state index contributed by atoms with van der Waals surface area (Å²) in [6.07, 6.45) is 0. The summed E-state index contributed by atoms with van der Waals surface area (Å²) in [5, 5.41) is 6.10. The van der Waals surface area contributed by atoms with Gasteiger partial charge < -0.3 is 5.32 Å². The number of amides is 2. The van der Waals surface area contributed by atoms with E-state index < -0.39 is 41.6 Å². The van der Waals surface area contributed by atoms with Gasteiger partial charge in [-0.2, -0.15) is 0 Å². The van der Waals surface area contributed by atoms with Crippen molar-refractivity contribution in [3.05, 3.63) is 29.3 Å². The summed E-state index contributed by atoms with van der Waals surface area (Å²) in [6.45, 7) is 2.56. The number of anilines is 1. The van der Waals surface area contributed by atoms with Gasteiger partial charge in [-0.05, 0) is 24.3 Å². The van der Waals surface area contributed by atoms with Gasteiger partial charge in [0.25, 0.3) is 4.38 Å². The van der Waals surface area contributed by atoms with E-state index in [1.165, 1.54) is 38.1 Å². The van der Waals surface area contributed by atoms with Crippen LogP contribution in [0.15, 0.2) is 29.4 Å². The second kappa shape index (κ2) is 7.75. The minimum atomic E-state index is -4.10. The average Bonchev–Trinajstić information content (AvgIpc) is 2.49. The predicted molar refractivity (Wildman–Crippen MR) is 90.0 cm³/mol. The van der Waals surface area contributed by atoms with Crippen LogP contribution in [0.5, 0.6) is 0 Å². The van der Waals surface area contributed by atoms with E-state index in [0.717, 1.165) is 0 Å². The lowest BCUT2D eigenvalue weighted by Gasteiger charge is -2.08. The van der Waals surface area contributed by atoms with Gasteiger partial charge in [-0.15, -0.1) is 5.10 Å². The highest BCUT2D eigenvalue weighted by atomic mass is 35.5. The third-order valence-electron chi connectivity index (χ3n) is 2.64. The first-order valence-electron chi connectivity index (χ1n) is 6.48. The number of carbonyl (C=O) groups excluding carboxylic acids is 1. The summed E-state index contributed by atoms with van der Waals surface area (Å²) in [4.78, 5) is 11.7. The number of hydrogen-bond acceptors (Lipinski definition) is 6. The Bertz CT molecular complexity index is 766. The molecule has 0 saturated heterocycles. The maximum Gasteiger partial charge on any atom is 0.339 e. The van der Waals surface area contributed by atoms with Crippen molar-refractivity contribution in [2.45, 2.75) is 13.8 Å². The molecule has 128 valence electrons. The standard InChI is InChI=1S/C12H16ClN3O5S2/c1-3-22(18,19)12(23(20,21)4-2)16-15-11(17)14-10-7-5-9(13)6-8-10/h5-8H,3-4H2,1-2H3,(H2,14,15,17). The molecular formula is C12H16ClN3O5S2. The highest BCUT2D eigenvalue weighted by Gasteiger charge is 2.30. The normalized spacial score (nSPS) is 11.6. The molecule has 0 aliphatic heterocycles. The molecule has 2 N–H and O–H groups in total. The SMILES string of the molecule is CCS(=O)(=O)C(=NNC(=O)Nc1ccc(Cl)cc1)S(=O)(=O)CC. The Hall–Kier alpha value is -1.65. The van der Waals surface area contributed by atoms with Crippen molar-refractivity contribution in [3.63, 3.8) is 0 Å². The third kappa shape index (κ3) is 5.48. The lowest BCUT2D eigenvalue weighted by atomic mass is 10.3. The van der Waals surface area contributed by atoms with Crippen molar-refractivity contribution in [1.29, 1.82) is 0 Å². The van der Waals surface area contributed by atoms with Crippen LogP contribution in [0.4, 0.5) is 10.5 Å². The highest BCUT2D eigenvalue weighted by molar-refractivity contribution is 8.31.